The molecule has 0 fully saturated rings. The normalized spacial score (nSPS) is 9.95. The summed E-state index contributed by atoms with van der Waals surface area (Å²) in [6, 6.07) is 10.9. The van der Waals surface area contributed by atoms with Gasteiger partial charge >= 0.3 is 6.03 Å². The number of para-hydroxylation sites is 1. The van der Waals surface area contributed by atoms with E-state index in [1.54, 1.807) is 36.4 Å². The molecule has 2 aromatic carbocycles. The van der Waals surface area contributed by atoms with E-state index >= 15 is 0 Å². The van der Waals surface area contributed by atoms with Crippen LogP contribution >= 0.6 is 0 Å². The zero-order valence-electron chi connectivity index (χ0n) is 12.4. The van der Waals surface area contributed by atoms with Crippen molar-refractivity contribution in [1.82, 2.24) is 5.32 Å². The first-order chi connectivity index (χ1) is 10.7. The first-order valence-corrected chi connectivity index (χ1v) is 6.65. The van der Waals surface area contributed by atoms with Crippen molar-refractivity contribution in [3.8, 4) is 11.5 Å². The maximum atomic E-state index is 13.5. The molecule has 6 heteroatoms. The van der Waals surface area contributed by atoms with Crippen molar-refractivity contribution in [2.75, 3.05) is 19.5 Å². The zero-order chi connectivity index (χ0) is 15.9. The second kappa shape index (κ2) is 7.31. The molecule has 0 bridgehead atoms. The monoisotopic (exact) mass is 304 g/mol. The lowest BCUT2D eigenvalue weighted by Crippen LogP contribution is -2.28. The smallest absolute Gasteiger partial charge is 0.319 e. The van der Waals surface area contributed by atoms with Gasteiger partial charge in [0.2, 0.25) is 0 Å². The van der Waals surface area contributed by atoms with E-state index in [9.17, 15) is 9.18 Å². The lowest BCUT2D eigenvalue weighted by molar-refractivity contribution is 0.251. The molecule has 0 unspecified atom stereocenters. The number of nitrogens with one attached hydrogen (secondary N) is 2. The Labute approximate surface area is 128 Å². The molecule has 0 radical (unpaired) electrons. The Morgan fingerprint density at radius 2 is 1.68 bits per heavy atom. The number of halogens is 1. The first kappa shape index (κ1) is 15.6. The molecule has 0 aliphatic heterocycles. The van der Waals surface area contributed by atoms with Gasteiger partial charge in [-0.05, 0) is 18.2 Å². The number of amides is 2. The van der Waals surface area contributed by atoms with Crippen molar-refractivity contribution < 1.29 is 18.7 Å². The summed E-state index contributed by atoms with van der Waals surface area (Å²) >= 11 is 0. The molecule has 0 spiro atoms. The SMILES string of the molecule is COc1cccc(OC)c1NC(=O)NCc1ccccc1F. The molecule has 0 heterocycles. The second-order valence-corrected chi connectivity index (χ2v) is 4.44. The van der Waals surface area contributed by atoms with Gasteiger partial charge in [0.25, 0.3) is 0 Å². The highest BCUT2D eigenvalue weighted by molar-refractivity contribution is 5.92. The van der Waals surface area contributed by atoms with E-state index in [0.29, 0.717) is 22.7 Å². The van der Waals surface area contributed by atoms with Crippen LogP contribution in [0.1, 0.15) is 5.56 Å². The number of rotatable bonds is 5. The lowest BCUT2D eigenvalue weighted by Gasteiger charge is -2.14. The number of hydrogen-bond donors (Lipinski definition) is 2. The molecule has 2 aromatic rings. The van der Waals surface area contributed by atoms with Gasteiger partial charge in [0.05, 0.1) is 14.2 Å². The number of urea groups is 1. The van der Waals surface area contributed by atoms with Gasteiger partial charge < -0.3 is 20.1 Å². The standard InChI is InChI=1S/C16H17FN2O3/c1-21-13-8-5-9-14(22-2)15(13)19-16(20)18-10-11-6-3-4-7-12(11)17/h3-9H,10H2,1-2H3,(H2,18,19,20). The Morgan fingerprint density at radius 3 is 2.27 bits per heavy atom. The van der Waals surface area contributed by atoms with Crippen molar-refractivity contribution in [1.29, 1.82) is 0 Å². The Bertz CT molecular complexity index is 639. The minimum Gasteiger partial charge on any atom is -0.494 e. The zero-order valence-corrected chi connectivity index (χ0v) is 12.4. The van der Waals surface area contributed by atoms with Gasteiger partial charge in [-0.25, -0.2) is 9.18 Å². The summed E-state index contributed by atoms with van der Waals surface area (Å²) < 4.78 is 23.9. The summed E-state index contributed by atoms with van der Waals surface area (Å²) in [5.41, 5.74) is 0.822. The third kappa shape index (κ3) is 3.66. The third-order valence-electron chi connectivity index (χ3n) is 3.06. The fraction of sp³-hybridized carbons (Fsp3) is 0.188. The van der Waals surface area contributed by atoms with E-state index in [1.807, 2.05) is 0 Å². The average molecular weight is 304 g/mol. The topological polar surface area (TPSA) is 59.6 Å². The highest BCUT2D eigenvalue weighted by Gasteiger charge is 2.13. The summed E-state index contributed by atoms with van der Waals surface area (Å²) in [5.74, 6) is 0.582. The van der Waals surface area contributed by atoms with Gasteiger partial charge in [-0.1, -0.05) is 24.3 Å². The highest BCUT2D eigenvalue weighted by Crippen LogP contribution is 2.33. The molecule has 0 saturated heterocycles. The predicted octanol–water partition coefficient (Wildman–Crippen LogP) is 3.16. The Balaban J connectivity index is 2.05. The van der Waals surface area contributed by atoms with E-state index in [0.717, 1.165) is 0 Å². The minimum atomic E-state index is -0.481. The minimum absolute atomic E-state index is 0.0793. The first-order valence-electron chi connectivity index (χ1n) is 6.65. The molecule has 0 aliphatic carbocycles. The molecule has 22 heavy (non-hydrogen) atoms. The largest absolute Gasteiger partial charge is 0.494 e. The van der Waals surface area contributed by atoms with Crippen LogP contribution in [0.2, 0.25) is 0 Å². The van der Waals surface area contributed by atoms with Gasteiger partial charge in [0.1, 0.15) is 23.0 Å². The number of ether oxygens (including phenoxy) is 2. The van der Waals surface area contributed by atoms with Crippen molar-refractivity contribution in [3.05, 3.63) is 53.8 Å². The molecular formula is C16H17FN2O3. The Morgan fingerprint density at radius 1 is 1.05 bits per heavy atom. The highest BCUT2D eigenvalue weighted by atomic mass is 19.1. The number of carbonyl (C=O) groups is 1. The molecule has 5 nitrogen and oxygen atoms in total. The second-order valence-electron chi connectivity index (χ2n) is 4.44. The third-order valence-corrected chi connectivity index (χ3v) is 3.06. The summed E-state index contributed by atoms with van der Waals surface area (Å²) in [6.45, 7) is 0.0793. The average Bonchev–Trinajstić information content (AvgIpc) is 2.54. The van der Waals surface area contributed by atoms with Crippen LogP contribution in [0, 0.1) is 5.82 Å². The number of methoxy groups -OCH3 is 2. The molecule has 0 saturated carbocycles. The summed E-state index contributed by atoms with van der Waals surface area (Å²) in [7, 11) is 2.99. The van der Waals surface area contributed by atoms with E-state index in [2.05, 4.69) is 10.6 Å². The van der Waals surface area contributed by atoms with E-state index in [1.165, 1.54) is 20.3 Å². The maximum Gasteiger partial charge on any atom is 0.319 e. The van der Waals surface area contributed by atoms with E-state index < -0.39 is 6.03 Å². The van der Waals surface area contributed by atoms with Crippen LogP contribution < -0.4 is 20.1 Å². The van der Waals surface area contributed by atoms with Gasteiger partial charge in [-0.3, -0.25) is 0 Å². The van der Waals surface area contributed by atoms with Crippen molar-refractivity contribution in [2.24, 2.45) is 0 Å². The fourth-order valence-electron chi connectivity index (χ4n) is 1.95. The van der Waals surface area contributed by atoms with Crippen LogP contribution in [0.3, 0.4) is 0 Å². The number of anilines is 1. The number of benzene rings is 2. The maximum absolute atomic E-state index is 13.5. The Hall–Kier alpha value is -2.76. The van der Waals surface area contributed by atoms with Gasteiger partial charge in [0, 0.05) is 12.1 Å². The predicted molar refractivity (Wildman–Crippen MR) is 81.8 cm³/mol. The molecule has 0 atom stereocenters. The van der Waals surface area contributed by atoms with Crippen molar-refractivity contribution >= 4 is 11.7 Å². The molecular weight excluding hydrogens is 287 g/mol. The van der Waals surface area contributed by atoms with Crippen LogP contribution in [0.5, 0.6) is 11.5 Å². The number of hydrogen-bond acceptors (Lipinski definition) is 3. The van der Waals surface area contributed by atoms with Gasteiger partial charge in [0.15, 0.2) is 0 Å². The summed E-state index contributed by atoms with van der Waals surface area (Å²) in [5, 5.41) is 5.24. The fourth-order valence-corrected chi connectivity index (χ4v) is 1.95. The van der Waals surface area contributed by atoms with Crippen LogP contribution in [-0.4, -0.2) is 20.3 Å². The van der Waals surface area contributed by atoms with Gasteiger partial charge in [-0.2, -0.15) is 0 Å². The van der Waals surface area contributed by atoms with Crippen LogP contribution in [0.15, 0.2) is 42.5 Å². The molecule has 2 N–H and O–H groups in total. The molecule has 0 aliphatic rings. The quantitative estimate of drug-likeness (QED) is 0.892. The molecule has 116 valence electrons. The Kier molecular flexibility index (Phi) is 5.19. The van der Waals surface area contributed by atoms with Crippen molar-refractivity contribution in [2.45, 2.75) is 6.54 Å². The molecule has 0 aromatic heterocycles. The lowest BCUT2D eigenvalue weighted by atomic mass is 10.2. The number of carbonyl (C=O) groups excluding carboxylic acids is 1. The summed E-state index contributed by atoms with van der Waals surface area (Å²) in [4.78, 5) is 12.0. The van der Waals surface area contributed by atoms with E-state index in [4.69, 9.17) is 9.47 Å². The molecule has 2 amide bonds. The van der Waals surface area contributed by atoms with Gasteiger partial charge in [-0.15, -0.1) is 0 Å². The van der Waals surface area contributed by atoms with E-state index in [-0.39, 0.29) is 12.4 Å². The van der Waals surface area contributed by atoms with Crippen LogP contribution in [-0.2, 0) is 6.54 Å². The van der Waals surface area contributed by atoms with Crippen LogP contribution in [0.25, 0.3) is 0 Å². The van der Waals surface area contributed by atoms with Crippen LogP contribution in [0.4, 0.5) is 14.9 Å². The van der Waals surface area contributed by atoms with Crippen molar-refractivity contribution in [3.63, 3.8) is 0 Å². The summed E-state index contributed by atoms with van der Waals surface area (Å²) in [6.07, 6.45) is 0. The molecule has 2 rings (SSSR count).